The van der Waals surface area contributed by atoms with Gasteiger partial charge in [0.1, 0.15) is 22.9 Å². The molecular formula is C20H27N5O5. The molecule has 162 valence electrons. The lowest BCUT2D eigenvalue weighted by atomic mass is 10.1. The van der Waals surface area contributed by atoms with Gasteiger partial charge in [-0.1, -0.05) is 0 Å². The molecule has 0 bridgehead atoms. The second kappa shape index (κ2) is 9.14. The van der Waals surface area contributed by atoms with E-state index in [0.29, 0.717) is 19.6 Å². The molecule has 30 heavy (non-hydrogen) atoms. The molecular weight excluding hydrogens is 390 g/mol. The number of methoxy groups -OCH3 is 2. The molecule has 0 saturated carbocycles. The molecule has 0 radical (unpaired) electrons. The summed E-state index contributed by atoms with van der Waals surface area (Å²) < 4.78 is 11.8. The van der Waals surface area contributed by atoms with Crippen molar-refractivity contribution < 1.29 is 14.3 Å². The first-order chi connectivity index (χ1) is 14.3. The van der Waals surface area contributed by atoms with Crippen LogP contribution in [0.3, 0.4) is 0 Å². The Morgan fingerprint density at radius 3 is 2.40 bits per heavy atom. The minimum absolute atomic E-state index is 0.0712. The monoisotopic (exact) mass is 417 g/mol. The third kappa shape index (κ3) is 4.55. The van der Waals surface area contributed by atoms with Crippen LogP contribution < -0.4 is 26.5 Å². The number of nitrogens with one attached hydrogen (secondary N) is 1. The third-order valence-corrected chi connectivity index (χ3v) is 5.36. The van der Waals surface area contributed by atoms with Gasteiger partial charge in [-0.3, -0.25) is 28.9 Å². The Morgan fingerprint density at radius 2 is 1.77 bits per heavy atom. The van der Waals surface area contributed by atoms with E-state index < -0.39 is 17.0 Å². The average Bonchev–Trinajstić information content (AvgIpc) is 2.73. The molecule has 10 heteroatoms. The Balaban J connectivity index is 1.62. The van der Waals surface area contributed by atoms with Gasteiger partial charge >= 0.3 is 5.69 Å². The first-order valence-electron chi connectivity index (χ1n) is 9.61. The molecule has 1 aliphatic heterocycles. The number of nitrogen functional groups attached to an aromatic ring is 1. The van der Waals surface area contributed by atoms with Crippen LogP contribution in [-0.2, 0) is 13.6 Å². The van der Waals surface area contributed by atoms with Gasteiger partial charge in [0.25, 0.3) is 5.56 Å². The lowest BCUT2D eigenvalue weighted by Gasteiger charge is -2.34. The van der Waals surface area contributed by atoms with Crippen molar-refractivity contribution in [3.05, 3.63) is 50.2 Å². The number of nitrogens with zero attached hydrogens (tertiary/aromatic N) is 3. The van der Waals surface area contributed by atoms with Crippen molar-refractivity contribution in [3.8, 4) is 11.5 Å². The summed E-state index contributed by atoms with van der Waals surface area (Å²) in [7, 11) is 4.68. The minimum Gasteiger partial charge on any atom is -0.497 e. The lowest BCUT2D eigenvalue weighted by Crippen LogP contribution is -2.48. The summed E-state index contributed by atoms with van der Waals surface area (Å²) in [5, 5.41) is 0. The standard InChI is InChI=1S/C20H27N5O5/c1-23-18(21)17(19(27)22-20(23)28)15(26)12-25-8-6-24(7-9-25)11-13-10-14(29-2)4-5-16(13)30-3/h4-5,10H,6-9,11-12,21H2,1-3H3,(H,22,27,28). The van der Waals surface area contributed by atoms with Crippen molar-refractivity contribution >= 4 is 11.6 Å². The fraction of sp³-hybridized carbons (Fsp3) is 0.450. The SMILES string of the molecule is COc1ccc(OC)c(CN2CCN(CC(=O)c3c(N)n(C)c(=O)[nH]c3=O)CC2)c1. The number of ketones is 1. The Kier molecular flexibility index (Phi) is 6.58. The molecule has 1 aromatic carbocycles. The van der Waals surface area contributed by atoms with Crippen LogP contribution >= 0.6 is 0 Å². The number of aromatic nitrogens is 2. The summed E-state index contributed by atoms with van der Waals surface area (Å²) in [5.74, 6) is 1.07. The second-order valence-electron chi connectivity index (χ2n) is 7.23. The van der Waals surface area contributed by atoms with Gasteiger partial charge in [-0.25, -0.2) is 4.79 Å². The zero-order chi connectivity index (χ0) is 21.8. The fourth-order valence-corrected chi connectivity index (χ4v) is 3.54. The average molecular weight is 417 g/mol. The van der Waals surface area contributed by atoms with Gasteiger partial charge in [-0.2, -0.15) is 0 Å². The highest BCUT2D eigenvalue weighted by molar-refractivity contribution is 6.01. The normalized spacial score (nSPS) is 15.2. The number of rotatable bonds is 7. The van der Waals surface area contributed by atoms with Gasteiger partial charge in [-0.05, 0) is 18.2 Å². The summed E-state index contributed by atoms with van der Waals surface area (Å²) in [5.41, 5.74) is 5.30. The van der Waals surface area contributed by atoms with Crippen molar-refractivity contribution in [2.24, 2.45) is 7.05 Å². The first-order valence-corrected chi connectivity index (χ1v) is 9.61. The van der Waals surface area contributed by atoms with E-state index in [2.05, 4.69) is 9.88 Å². The maximum atomic E-state index is 12.6. The molecule has 0 aliphatic carbocycles. The van der Waals surface area contributed by atoms with E-state index in [1.54, 1.807) is 14.2 Å². The van der Waals surface area contributed by atoms with Crippen molar-refractivity contribution in [1.29, 1.82) is 0 Å². The quantitative estimate of drug-likeness (QED) is 0.588. The molecule has 2 aromatic rings. The number of aromatic amines is 1. The molecule has 1 saturated heterocycles. The highest BCUT2D eigenvalue weighted by Gasteiger charge is 2.24. The van der Waals surface area contributed by atoms with Crippen LogP contribution in [0.15, 0.2) is 27.8 Å². The first kappa shape index (κ1) is 21.6. The number of carbonyl (C=O) groups is 1. The fourth-order valence-electron chi connectivity index (χ4n) is 3.54. The van der Waals surface area contributed by atoms with Crippen LogP contribution in [0.1, 0.15) is 15.9 Å². The van der Waals surface area contributed by atoms with Crippen LogP contribution in [-0.4, -0.2) is 72.1 Å². The van der Waals surface area contributed by atoms with E-state index in [9.17, 15) is 14.4 Å². The molecule has 0 unspecified atom stereocenters. The van der Waals surface area contributed by atoms with Gasteiger partial charge in [0.05, 0.1) is 20.8 Å². The number of H-pyrrole nitrogens is 1. The third-order valence-electron chi connectivity index (χ3n) is 5.36. The second-order valence-corrected chi connectivity index (χ2v) is 7.23. The number of Topliss-reactive ketones (excluding diaryl/α,β-unsaturated/α-hetero) is 1. The Bertz CT molecular complexity index is 1040. The number of anilines is 1. The summed E-state index contributed by atoms with van der Waals surface area (Å²) in [6, 6.07) is 5.71. The van der Waals surface area contributed by atoms with Crippen molar-refractivity contribution in [3.63, 3.8) is 0 Å². The number of benzene rings is 1. The van der Waals surface area contributed by atoms with Crippen molar-refractivity contribution in [2.45, 2.75) is 6.54 Å². The maximum Gasteiger partial charge on any atom is 0.329 e. The highest BCUT2D eigenvalue weighted by Crippen LogP contribution is 2.25. The van der Waals surface area contributed by atoms with Crippen LogP contribution in [0.25, 0.3) is 0 Å². The van der Waals surface area contributed by atoms with Gasteiger partial charge in [0, 0.05) is 45.3 Å². The summed E-state index contributed by atoms with van der Waals surface area (Å²) in [6.07, 6.45) is 0. The van der Waals surface area contributed by atoms with E-state index in [4.69, 9.17) is 15.2 Å². The summed E-state index contributed by atoms with van der Waals surface area (Å²) >= 11 is 0. The molecule has 1 aliphatic rings. The summed E-state index contributed by atoms with van der Waals surface area (Å²) in [4.78, 5) is 42.6. The van der Waals surface area contributed by atoms with Crippen LogP contribution in [0, 0.1) is 0 Å². The molecule has 10 nitrogen and oxygen atoms in total. The number of hydrogen-bond acceptors (Lipinski definition) is 8. The van der Waals surface area contributed by atoms with Crippen molar-refractivity contribution in [1.82, 2.24) is 19.4 Å². The van der Waals surface area contributed by atoms with E-state index in [1.807, 2.05) is 23.1 Å². The predicted molar refractivity (Wildman–Crippen MR) is 112 cm³/mol. The van der Waals surface area contributed by atoms with Gasteiger partial charge < -0.3 is 15.2 Å². The van der Waals surface area contributed by atoms with Crippen LogP contribution in [0.5, 0.6) is 11.5 Å². The zero-order valence-electron chi connectivity index (χ0n) is 17.4. The van der Waals surface area contributed by atoms with E-state index >= 15 is 0 Å². The molecule has 0 spiro atoms. The molecule has 1 fully saturated rings. The number of carbonyl (C=O) groups excluding carboxylic acids is 1. The number of hydrogen-bond donors (Lipinski definition) is 2. The topological polar surface area (TPSA) is 123 Å². The largest absolute Gasteiger partial charge is 0.497 e. The van der Waals surface area contributed by atoms with E-state index in [1.165, 1.54) is 7.05 Å². The zero-order valence-corrected chi connectivity index (χ0v) is 17.4. The Labute approximate surface area is 173 Å². The number of piperazine rings is 1. The highest BCUT2D eigenvalue weighted by atomic mass is 16.5. The summed E-state index contributed by atoms with van der Waals surface area (Å²) in [6.45, 7) is 3.63. The molecule has 3 rings (SSSR count). The predicted octanol–water partition coefficient (Wildman–Crippen LogP) is -0.326. The van der Waals surface area contributed by atoms with Crippen LogP contribution in [0.4, 0.5) is 5.82 Å². The molecule has 3 N–H and O–H groups in total. The molecule has 2 heterocycles. The Morgan fingerprint density at radius 1 is 1.10 bits per heavy atom. The van der Waals surface area contributed by atoms with E-state index in [-0.39, 0.29) is 17.9 Å². The van der Waals surface area contributed by atoms with Gasteiger partial charge in [-0.15, -0.1) is 0 Å². The molecule has 0 atom stereocenters. The minimum atomic E-state index is -0.746. The number of nitrogens with two attached hydrogens (primary N) is 1. The van der Waals surface area contributed by atoms with Crippen molar-refractivity contribution in [2.75, 3.05) is 52.7 Å². The van der Waals surface area contributed by atoms with Gasteiger partial charge in [0.2, 0.25) is 0 Å². The number of ether oxygens (including phenoxy) is 2. The van der Waals surface area contributed by atoms with Crippen LogP contribution in [0.2, 0.25) is 0 Å². The Hall–Kier alpha value is -3.11. The lowest BCUT2D eigenvalue weighted by molar-refractivity contribution is 0.0841. The maximum absolute atomic E-state index is 12.6. The van der Waals surface area contributed by atoms with E-state index in [0.717, 1.165) is 34.7 Å². The molecule has 1 aromatic heterocycles. The smallest absolute Gasteiger partial charge is 0.329 e. The van der Waals surface area contributed by atoms with Gasteiger partial charge in [0.15, 0.2) is 5.78 Å². The molecule has 0 amide bonds.